The van der Waals surface area contributed by atoms with Gasteiger partial charge in [0.1, 0.15) is 0 Å². The van der Waals surface area contributed by atoms with Gasteiger partial charge in [-0.2, -0.15) is 0 Å². The van der Waals surface area contributed by atoms with E-state index in [0.717, 1.165) is 24.7 Å². The van der Waals surface area contributed by atoms with Gasteiger partial charge in [0.2, 0.25) is 0 Å². The van der Waals surface area contributed by atoms with Crippen molar-refractivity contribution in [3.63, 3.8) is 0 Å². The van der Waals surface area contributed by atoms with Crippen LogP contribution < -0.4 is 11.5 Å². The summed E-state index contributed by atoms with van der Waals surface area (Å²) in [6, 6.07) is 1.00. The van der Waals surface area contributed by atoms with E-state index >= 15 is 0 Å². The van der Waals surface area contributed by atoms with E-state index in [1.807, 2.05) is 0 Å². The lowest BCUT2D eigenvalue weighted by molar-refractivity contribution is -0.137. The third-order valence-corrected chi connectivity index (χ3v) is 6.94. The number of aliphatic carboxylic acids is 1. The SMILES string of the molecule is CCCCCCCCCCCC(=O)O.NC1CCC(CC2CCC(N)CC2)CC1. The maximum absolute atomic E-state index is 10.2. The van der Waals surface area contributed by atoms with Crippen molar-refractivity contribution >= 4 is 5.97 Å². The average molecular weight is 411 g/mol. The summed E-state index contributed by atoms with van der Waals surface area (Å²) in [5.41, 5.74) is 11.9. The van der Waals surface area contributed by atoms with Gasteiger partial charge in [0, 0.05) is 18.5 Å². The van der Waals surface area contributed by atoms with Crippen LogP contribution in [0.2, 0.25) is 0 Å². The standard InChI is InChI=1S/C13H26N2.C12H24O2/c14-12-5-1-10(2-6-12)9-11-3-7-13(15)8-4-11;1-2-3-4-5-6-7-8-9-10-11-12(13)14/h10-13H,1-9,14-15H2;2-11H2,1H3,(H,13,14). The first-order chi connectivity index (χ1) is 14.0. The Hall–Kier alpha value is -0.610. The van der Waals surface area contributed by atoms with Gasteiger partial charge >= 0.3 is 5.97 Å². The van der Waals surface area contributed by atoms with Crippen LogP contribution >= 0.6 is 0 Å². The molecule has 4 nitrogen and oxygen atoms in total. The zero-order valence-electron chi connectivity index (χ0n) is 19.3. The molecular weight excluding hydrogens is 360 g/mol. The molecule has 5 N–H and O–H groups in total. The zero-order valence-corrected chi connectivity index (χ0v) is 19.3. The molecule has 0 saturated heterocycles. The molecule has 2 fully saturated rings. The second kappa shape index (κ2) is 17.1. The summed E-state index contributed by atoms with van der Waals surface area (Å²) in [4.78, 5) is 10.2. The van der Waals surface area contributed by atoms with Gasteiger partial charge in [0.15, 0.2) is 0 Å². The Bertz CT molecular complexity index is 366. The third kappa shape index (κ3) is 14.9. The van der Waals surface area contributed by atoms with Crippen LogP contribution in [0.15, 0.2) is 0 Å². The second-order valence-corrected chi connectivity index (χ2v) is 9.77. The summed E-state index contributed by atoms with van der Waals surface area (Å²) < 4.78 is 0. The molecule has 0 bridgehead atoms. The Labute approximate surface area is 180 Å². The smallest absolute Gasteiger partial charge is 0.303 e. The minimum absolute atomic E-state index is 0.343. The van der Waals surface area contributed by atoms with E-state index in [0.29, 0.717) is 18.5 Å². The molecule has 0 amide bonds. The molecular formula is C25H50N2O2. The molecule has 0 spiro atoms. The van der Waals surface area contributed by atoms with E-state index in [1.165, 1.54) is 103 Å². The highest BCUT2D eigenvalue weighted by Gasteiger charge is 2.24. The number of carboxylic acids is 1. The molecule has 29 heavy (non-hydrogen) atoms. The first-order valence-corrected chi connectivity index (χ1v) is 12.7. The highest BCUT2D eigenvalue weighted by atomic mass is 16.4. The quantitative estimate of drug-likeness (QED) is 0.325. The molecule has 2 aliphatic carbocycles. The lowest BCUT2D eigenvalue weighted by atomic mass is 9.76. The Balaban J connectivity index is 0.000000291. The fourth-order valence-electron chi connectivity index (χ4n) is 4.91. The van der Waals surface area contributed by atoms with Crippen molar-refractivity contribution in [2.24, 2.45) is 23.3 Å². The largest absolute Gasteiger partial charge is 0.481 e. The maximum Gasteiger partial charge on any atom is 0.303 e. The predicted octanol–water partition coefficient (Wildman–Crippen LogP) is 6.40. The number of hydrogen-bond acceptors (Lipinski definition) is 3. The predicted molar refractivity (Wildman–Crippen MR) is 124 cm³/mol. The van der Waals surface area contributed by atoms with Gasteiger partial charge in [-0.05, 0) is 76.0 Å². The van der Waals surface area contributed by atoms with E-state index in [2.05, 4.69) is 6.92 Å². The zero-order chi connectivity index (χ0) is 21.3. The molecule has 4 heteroatoms. The van der Waals surface area contributed by atoms with E-state index in [1.54, 1.807) is 0 Å². The van der Waals surface area contributed by atoms with E-state index in [9.17, 15) is 4.79 Å². The third-order valence-electron chi connectivity index (χ3n) is 6.94. The Kier molecular flexibility index (Phi) is 15.6. The van der Waals surface area contributed by atoms with Crippen molar-refractivity contribution in [1.29, 1.82) is 0 Å². The van der Waals surface area contributed by atoms with Crippen LogP contribution in [0.25, 0.3) is 0 Å². The Morgan fingerprint density at radius 2 is 1.07 bits per heavy atom. The number of rotatable bonds is 12. The topological polar surface area (TPSA) is 89.3 Å². The lowest BCUT2D eigenvalue weighted by Crippen LogP contribution is -2.30. The van der Waals surface area contributed by atoms with Crippen molar-refractivity contribution < 1.29 is 9.90 Å². The first kappa shape index (κ1) is 26.4. The van der Waals surface area contributed by atoms with Crippen LogP contribution in [0.1, 0.15) is 129 Å². The van der Waals surface area contributed by atoms with Crippen LogP contribution in [-0.2, 0) is 4.79 Å². The van der Waals surface area contributed by atoms with Crippen molar-refractivity contribution in [1.82, 2.24) is 0 Å². The van der Waals surface area contributed by atoms with Crippen molar-refractivity contribution in [3.05, 3.63) is 0 Å². The number of carboxylic acid groups (broad SMARTS) is 1. The maximum atomic E-state index is 10.2. The van der Waals surface area contributed by atoms with Crippen molar-refractivity contribution in [2.45, 2.75) is 141 Å². The van der Waals surface area contributed by atoms with Crippen LogP contribution in [0.4, 0.5) is 0 Å². The molecule has 2 rings (SSSR count). The van der Waals surface area contributed by atoms with E-state index in [-0.39, 0.29) is 0 Å². The molecule has 2 saturated carbocycles. The molecule has 2 aliphatic rings. The Morgan fingerprint density at radius 3 is 1.45 bits per heavy atom. The number of carbonyl (C=O) groups is 1. The summed E-state index contributed by atoms with van der Waals surface area (Å²) in [5.74, 6) is 1.29. The summed E-state index contributed by atoms with van der Waals surface area (Å²) >= 11 is 0. The molecule has 172 valence electrons. The second-order valence-electron chi connectivity index (χ2n) is 9.77. The molecule has 0 aromatic heterocycles. The van der Waals surface area contributed by atoms with Crippen molar-refractivity contribution in [3.8, 4) is 0 Å². The number of unbranched alkanes of at least 4 members (excludes halogenated alkanes) is 8. The minimum Gasteiger partial charge on any atom is -0.481 e. The van der Waals surface area contributed by atoms with Gasteiger partial charge in [-0.15, -0.1) is 0 Å². The van der Waals surface area contributed by atoms with Crippen LogP contribution in [-0.4, -0.2) is 23.2 Å². The van der Waals surface area contributed by atoms with Crippen LogP contribution in [0.3, 0.4) is 0 Å². The molecule has 0 aromatic rings. The van der Waals surface area contributed by atoms with Gasteiger partial charge < -0.3 is 16.6 Å². The monoisotopic (exact) mass is 410 g/mol. The molecule has 0 aromatic carbocycles. The van der Waals surface area contributed by atoms with Gasteiger partial charge in [0.25, 0.3) is 0 Å². The number of nitrogens with two attached hydrogens (primary N) is 2. The van der Waals surface area contributed by atoms with Crippen LogP contribution in [0.5, 0.6) is 0 Å². The fourth-order valence-corrected chi connectivity index (χ4v) is 4.91. The molecule has 0 heterocycles. The van der Waals surface area contributed by atoms with Crippen LogP contribution in [0, 0.1) is 11.8 Å². The van der Waals surface area contributed by atoms with Gasteiger partial charge in [-0.25, -0.2) is 0 Å². The minimum atomic E-state index is -0.659. The fraction of sp³-hybridized carbons (Fsp3) is 0.960. The normalized spacial score (nSPS) is 27.1. The summed E-state index contributed by atoms with van der Waals surface area (Å²) in [6.45, 7) is 2.23. The Morgan fingerprint density at radius 1 is 0.690 bits per heavy atom. The lowest BCUT2D eigenvalue weighted by Gasteiger charge is -2.32. The van der Waals surface area contributed by atoms with Gasteiger partial charge in [-0.3, -0.25) is 4.79 Å². The highest BCUT2D eigenvalue weighted by molar-refractivity contribution is 5.66. The van der Waals surface area contributed by atoms with Gasteiger partial charge in [-0.1, -0.05) is 58.3 Å². The summed E-state index contributed by atoms with van der Waals surface area (Å²) in [5, 5.41) is 8.41. The molecule has 0 unspecified atom stereocenters. The summed E-state index contributed by atoms with van der Waals surface area (Å²) in [6.07, 6.45) is 23.5. The molecule has 0 aliphatic heterocycles. The van der Waals surface area contributed by atoms with Gasteiger partial charge in [0.05, 0.1) is 0 Å². The first-order valence-electron chi connectivity index (χ1n) is 12.7. The molecule has 0 atom stereocenters. The van der Waals surface area contributed by atoms with E-state index in [4.69, 9.17) is 16.6 Å². The van der Waals surface area contributed by atoms with E-state index < -0.39 is 5.97 Å². The van der Waals surface area contributed by atoms with Crippen molar-refractivity contribution in [2.75, 3.05) is 0 Å². The highest BCUT2D eigenvalue weighted by Crippen LogP contribution is 2.34. The number of hydrogen-bond donors (Lipinski definition) is 3. The average Bonchev–Trinajstić information content (AvgIpc) is 2.70. The molecule has 0 radical (unpaired) electrons. The summed E-state index contributed by atoms with van der Waals surface area (Å²) in [7, 11) is 0.